The molecule has 0 aliphatic rings. The number of aromatic carboxylic acids is 1. The number of nitrogens with zero attached hydrogens (tertiary/aromatic N) is 2. The Kier molecular flexibility index (Phi) is 3.75. The molecule has 1 heterocycles. The van der Waals surface area contributed by atoms with Gasteiger partial charge < -0.3 is 9.84 Å². The lowest BCUT2D eigenvalue weighted by Gasteiger charge is -2.10. The van der Waals surface area contributed by atoms with Gasteiger partial charge in [0, 0.05) is 11.8 Å². The van der Waals surface area contributed by atoms with E-state index in [0.29, 0.717) is 5.69 Å². The maximum Gasteiger partial charge on any atom is 0.339 e. The number of ether oxygens (including phenoxy) is 1. The molecule has 19 heavy (non-hydrogen) atoms. The fourth-order valence-corrected chi connectivity index (χ4v) is 1.92. The summed E-state index contributed by atoms with van der Waals surface area (Å²) in [6.07, 6.45) is 3.45. The number of hydrogen-bond acceptors (Lipinski definition) is 4. The van der Waals surface area contributed by atoms with Gasteiger partial charge in [0.1, 0.15) is 17.6 Å². The van der Waals surface area contributed by atoms with Crippen molar-refractivity contribution in [1.82, 2.24) is 9.97 Å². The van der Waals surface area contributed by atoms with Crippen LogP contribution in [0, 0.1) is 0 Å². The van der Waals surface area contributed by atoms with Crippen LogP contribution in [0.15, 0.2) is 30.7 Å². The molecule has 0 aliphatic heterocycles. The minimum absolute atomic E-state index is 0.0923. The number of carboxylic acids is 1. The van der Waals surface area contributed by atoms with Crippen LogP contribution < -0.4 is 4.74 Å². The van der Waals surface area contributed by atoms with Gasteiger partial charge >= 0.3 is 5.97 Å². The maximum atomic E-state index is 11.2. The van der Waals surface area contributed by atoms with Crippen molar-refractivity contribution in [3.8, 4) is 17.0 Å². The Balaban J connectivity index is 2.56. The number of aromatic nitrogens is 2. The molecule has 1 N–H and O–H groups in total. The number of hydrogen-bond donors (Lipinski definition) is 1. The van der Waals surface area contributed by atoms with Gasteiger partial charge in [-0.05, 0) is 30.2 Å². The Morgan fingerprint density at radius 3 is 2.84 bits per heavy atom. The Bertz CT molecular complexity index is 611. The van der Waals surface area contributed by atoms with Crippen molar-refractivity contribution in [3.63, 3.8) is 0 Å². The molecular weight excluding hydrogens is 244 g/mol. The second-order valence-corrected chi connectivity index (χ2v) is 3.97. The molecule has 0 saturated heterocycles. The number of aryl methyl sites for hydroxylation is 1. The average molecular weight is 258 g/mol. The summed E-state index contributed by atoms with van der Waals surface area (Å²) in [6.45, 7) is 2.01. The van der Waals surface area contributed by atoms with Gasteiger partial charge in [-0.25, -0.2) is 14.8 Å². The fourth-order valence-electron chi connectivity index (χ4n) is 1.92. The highest BCUT2D eigenvalue weighted by Gasteiger charge is 2.14. The second kappa shape index (κ2) is 5.48. The molecule has 0 bridgehead atoms. The monoisotopic (exact) mass is 258 g/mol. The Morgan fingerprint density at radius 1 is 1.42 bits per heavy atom. The van der Waals surface area contributed by atoms with Gasteiger partial charge in [0.25, 0.3) is 0 Å². The highest BCUT2D eigenvalue weighted by atomic mass is 16.5. The predicted octanol–water partition coefficient (Wildman–Crippen LogP) is 2.41. The lowest BCUT2D eigenvalue weighted by Crippen LogP contribution is -2.03. The van der Waals surface area contributed by atoms with E-state index < -0.39 is 5.97 Å². The van der Waals surface area contributed by atoms with Crippen molar-refractivity contribution >= 4 is 5.97 Å². The first-order valence-electron chi connectivity index (χ1n) is 5.88. The second-order valence-electron chi connectivity index (χ2n) is 3.97. The quantitative estimate of drug-likeness (QED) is 0.911. The van der Waals surface area contributed by atoms with E-state index in [9.17, 15) is 4.79 Å². The molecule has 0 unspecified atom stereocenters. The van der Waals surface area contributed by atoms with Crippen molar-refractivity contribution in [2.75, 3.05) is 7.11 Å². The van der Waals surface area contributed by atoms with E-state index in [1.165, 1.54) is 12.5 Å². The molecule has 0 spiro atoms. The molecule has 2 aromatic rings. The van der Waals surface area contributed by atoms with Crippen LogP contribution in [-0.4, -0.2) is 28.2 Å². The van der Waals surface area contributed by atoms with Crippen molar-refractivity contribution in [3.05, 3.63) is 41.9 Å². The topological polar surface area (TPSA) is 72.3 Å². The summed E-state index contributed by atoms with van der Waals surface area (Å²) in [5.41, 5.74) is 2.27. The van der Waals surface area contributed by atoms with Gasteiger partial charge in [0.05, 0.1) is 12.8 Å². The first-order chi connectivity index (χ1) is 9.17. The van der Waals surface area contributed by atoms with Gasteiger partial charge in [0.2, 0.25) is 0 Å². The van der Waals surface area contributed by atoms with Crippen LogP contribution in [0.4, 0.5) is 0 Å². The van der Waals surface area contributed by atoms with Crippen LogP contribution in [-0.2, 0) is 6.42 Å². The largest absolute Gasteiger partial charge is 0.496 e. The number of methoxy groups -OCH3 is 1. The SMILES string of the molecule is CCc1cc(-c2ncncc2C(=O)O)ccc1OC. The van der Waals surface area contributed by atoms with E-state index in [2.05, 4.69) is 9.97 Å². The number of benzene rings is 1. The molecule has 1 aromatic carbocycles. The molecule has 0 fully saturated rings. The summed E-state index contributed by atoms with van der Waals surface area (Å²) in [6, 6.07) is 5.52. The van der Waals surface area contributed by atoms with Crippen LogP contribution in [0.2, 0.25) is 0 Å². The van der Waals surface area contributed by atoms with Crippen molar-refractivity contribution in [2.24, 2.45) is 0 Å². The first kappa shape index (κ1) is 13.0. The summed E-state index contributed by atoms with van der Waals surface area (Å²) in [7, 11) is 1.61. The maximum absolute atomic E-state index is 11.2. The smallest absolute Gasteiger partial charge is 0.339 e. The van der Waals surface area contributed by atoms with Crippen LogP contribution in [0.5, 0.6) is 5.75 Å². The molecule has 5 nitrogen and oxygen atoms in total. The van der Waals surface area contributed by atoms with E-state index >= 15 is 0 Å². The third kappa shape index (κ3) is 2.54. The first-order valence-corrected chi connectivity index (χ1v) is 5.88. The normalized spacial score (nSPS) is 10.2. The molecule has 0 radical (unpaired) electrons. The van der Waals surface area contributed by atoms with Crippen molar-refractivity contribution in [2.45, 2.75) is 13.3 Å². The summed E-state index contributed by atoms with van der Waals surface area (Å²) in [4.78, 5) is 19.0. The van der Waals surface area contributed by atoms with Crippen LogP contribution in [0.25, 0.3) is 11.3 Å². The zero-order chi connectivity index (χ0) is 13.8. The molecule has 5 heteroatoms. The molecule has 0 saturated carbocycles. The third-order valence-electron chi connectivity index (χ3n) is 2.88. The van der Waals surface area contributed by atoms with Gasteiger partial charge in [-0.3, -0.25) is 0 Å². The van der Waals surface area contributed by atoms with E-state index in [1.807, 2.05) is 19.1 Å². The molecular formula is C14H14N2O3. The van der Waals surface area contributed by atoms with E-state index in [1.54, 1.807) is 13.2 Å². The molecule has 1 aromatic heterocycles. The zero-order valence-electron chi connectivity index (χ0n) is 10.8. The highest BCUT2D eigenvalue weighted by Crippen LogP contribution is 2.27. The van der Waals surface area contributed by atoms with Gasteiger partial charge in [-0.1, -0.05) is 6.92 Å². The van der Waals surface area contributed by atoms with E-state index in [4.69, 9.17) is 9.84 Å². The minimum atomic E-state index is -1.04. The van der Waals surface area contributed by atoms with Gasteiger partial charge in [-0.2, -0.15) is 0 Å². The fraction of sp³-hybridized carbons (Fsp3) is 0.214. The number of rotatable bonds is 4. The Hall–Kier alpha value is -2.43. The lowest BCUT2D eigenvalue weighted by atomic mass is 10.0. The summed E-state index contributed by atoms with van der Waals surface area (Å²) < 4.78 is 5.26. The predicted molar refractivity (Wildman–Crippen MR) is 70.4 cm³/mol. The summed E-state index contributed by atoms with van der Waals surface area (Å²) in [5, 5.41) is 9.15. The van der Waals surface area contributed by atoms with Crippen LogP contribution in [0.3, 0.4) is 0 Å². The minimum Gasteiger partial charge on any atom is -0.496 e. The number of carbonyl (C=O) groups is 1. The van der Waals surface area contributed by atoms with E-state index in [0.717, 1.165) is 23.3 Å². The molecule has 0 aliphatic carbocycles. The van der Waals surface area contributed by atoms with Crippen LogP contribution >= 0.6 is 0 Å². The molecule has 0 atom stereocenters. The average Bonchev–Trinajstić information content (AvgIpc) is 2.46. The molecule has 0 amide bonds. The standard InChI is InChI=1S/C14H14N2O3/c1-3-9-6-10(4-5-12(9)19-2)13-11(14(17)18)7-15-8-16-13/h4-8H,3H2,1-2H3,(H,17,18). The van der Waals surface area contributed by atoms with Crippen molar-refractivity contribution in [1.29, 1.82) is 0 Å². The summed E-state index contributed by atoms with van der Waals surface area (Å²) >= 11 is 0. The highest BCUT2D eigenvalue weighted by molar-refractivity contribution is 5.94. The lowest BCUT2D eigenvalue weighted by molar-refractivity contribution is 0.0697. The van der Waals surface area contributed by atoms with Gasteiger partial charge in [0.15, 0.2) is 0 Å². The molecule has 98 valence electrons. The zero-order valence-corrected chi connectivity index (χ0v) is 10.8. The van der Waals surface area contributed by atoms with Gasteiger partial charge in [-0.15, -0.1) is 0 Å². The Labute approximate surface area is 110 Å². The summed E-state index contributed by atoms with van der Waals surface area (Å²) in [5.74, 6) is -0.248. The van der Waals surface area contributed by atoms with Crippen molar-refractivity contribution < 1.29 is 14.6 Å². The third-order valence-corrected chi connectivity index (χ3v) is 2.88. The number of carboxylic acid groups (broad SMARTS) is 1. The van der Waals surface area contributed by atoms with Crippen LogP contribution in [0.1, 0.15) is 22.8 Å². The van der Waals surface area contributed by atoms with E-state index in [-0.39, 0.29) is 5.56 Å². The molecule has 2 rings (SSSR count). The Morgan fingerprint density at radius 2 is 2.21 bits per heavy atom.